The number of likely N-dealkylation sites (tertiary alicyclic amines) is 1. The Hall–Kier alpha value is -2.48. The van der Waals surface area contributed by atoms with Crippen molar-refractivity contribution >= 4 is 11.5 Å². The lowest BCUT2D eigenvalue weighted by molar-refractivity contribution is 0.226. The van der Waals surface area contributed by atoms with Gasteiger partial charge in [-0.05, 0) is 18.9 Å². The molecule has 5 heterocycles. The molecule has 2 aliphatic rings. The highest BCUT2D eigenvalue weighted by Gasteiger charge is 2.44. The van der Waals surface area contributed by atoms with E-state index in [1.54, 1.807) is 6.33 Å². The normalized spacial score (nSPS) is 23.6. The number of piperazine rings is 1. The molecule has 0 spiro atoms. The molecule has 2 unspecified atom stereocenters. The molecule has 5 rings (SSSR count). The molecule has 0 N–H and O–H groups in total. The average molecular weight is 324 g/mol. The van der Waals surface area contributed by atoms with Gasteiger partial charge in [-0.25, -0.2) is 4.98 Å². The highest BCUT2D eigenvalue weighted by atomic mass is 15.4. The number of aromatic nitrogens is 6. The molecule has 0 saturated carbocycles. The molecule has 2 saturated heterocycles. The molecule has 2 fully saturated rings. The maximum Gasteiger partial charge on any atom is 0.203 e. The van der Waals surface area contributed by atoms with E-state index in [1.807, 2.05) is 27.7 Å². The highest BCUT2D eigenvalue weighted by molar-refractivity contribution is 5.64. The number of anilines is 1. The number of nitrogens with zero attached hydrogens (tertiary/aromatic N) is 8. The van der Waals surface area contributed by atoms with Crippen molar-refractivity contribution in [2.45, 2.75) is 32.0 Å². The van der Waals surface area contributed by atoms with Crippen LogP contribution in [-0.2, 0) is 6.54 Å². The first-order valence-corrected chi connectivity index (χ1v) is 8.42. The van der Waals surface area contributed by atoms with E-state index in [0.717, 1.165) is 37.6 Å². The van der Waals surface area contributed by atoms with Gasteiger partial charge >= 0.3 is 0 Å². The predicted octanol–water partition coefficient (Wildman–Crippen LogP) is 0.592. The van der Waals surface area contributed by atoms with Crippen molar-refractivity contribution in [1.82, 2.24) is 34.3 Å². The molecule has 8 nitrogen and oxygen atoms in total. The minimum absolute atomic E-state index is 0.518. The summed E-state index contributed by atoms with van der Waals surface area (Å²) >= 11 is 0. The van der Waals surface area contributed by atoms with E-state index >= 15 is 0 Å². The molecule has 8 heteroatoms. The smallest absolute Gasteiger partial charge is 0.203 e. The van der Waals surface area contributed by atoms with Crippen LogP contribution in [0.1, 0.15) is 12.0 Å². The standard InChI is InChI=1S/C16H20N8/c1-12-7-19-23(8-12)5-4-21-9-14-6-13(21)10-24(14)15-16-20-18-11-22(16)3-2-17-15/h2-3,7-8,11,13-14H,4-6,9-10H2,1H3. The Morgan fingerprint density at radius 1 is 1.21 bits per heavy atom. The minimum Gasteiger partial charge on any atom is -0.348 e. The van der Waals surface area contributed by atoms with Crippen molar-refractivity contribution in [3.63, 3.8) is 0 Å². The summed E-state index contributed by atoms with van der Waals surface area (Å²) < 4.78 is 3.98. The SMILES string of the molecule is Cc1cnn(CCN2CC3CC2CN3c2nccn3cnnc23)c1. The summed E-state index contributed by atoms with van der Waals surface area (Å²) in [6, 6.07) is 1.11. The molecule has 0 amide bonds. The van der Waals surface area contributed by atoms with Gasteiger partial charge in [0.25, 0.3) is 0 Å². The largest absolute Gasteiger partial charge is 0.348 e. The van der Waals surface area contributed by atoms with E-state index in [0.29, 0.717) is 12.1 Å². The van der Waals surface area contributed by atoms with Crippen LogP contribution in [-0.4, -0.2) is 66.0 Å². The van der Waals surface area contributed by atoms with Gasteiger partial charge in [-0.2, -0.15) is 5.10 Å². The van der Waals surface area contributed by atoms with Crippen LogP contribution in [0.3, 0.4) is 0 Å². The monoisotopic (exact) mass is 324 g/mol. The van der Waals surface area contributed by atoms with Crippen molar-refractivity contribution < 1.29 is 0 Å². The van der Waals surface area contributed by atoms with Gasteiger partial charge in [-0.15, -0.1) is 10.2 Å². The molecule has 3 aromatic heterocycles. The van der Waals surface area contributed by atoms with E-state index in [2.05, 4.69) is 43.2 Å². The number of hydrogen-bond donors (Lipinski definition) is 0. The van der Waals surface area contributed by atoms with Crippen molar-refractivity contribution in [2.24, 2.45) is 0 Å². The molecule has 24 heavy (non-hydrogen) atoms. The minimum atomic E-state index is 0.518. The number of aryl methyl sites for hydroxylation is 1. The predicted molar refractivity (Wildman–Crippen MR) is 88.9 cm³/mol. The zero-order valence-electron chi connectivity index (χ0n) is 13.7. The average Bonchev–Trinajstić information content (AvgIpc) is 3.35. The third kappa shape index (κ3) is 2.17. The van der Waals surface area contributed by atoms with Gasteiger partial charge in [0, 0.05) is 50.3 Å². The molecule has 3 aromatic rings. The van der Waals surface area contributed by atoms with Gasteiger partial charge in [0.15, 0.2) is 5.82 Å². The van der Waals surface area contributed by atoms with E-state index in [1.165, 1.54) is 12.0 Å². The lowest BCUT2D eigenvalue weighted by atomic mass is 10.2. The fourth-order valence-corrected chi connectivity index (χ4v) is 4.05. The zero-order valence-corrected chi connectivity index (χ0v) is 13.7. The van der Waals surface area contributed by atoms with E-state index < -0.39 is 0 Å². The summed E-state index contributed by atoms with van der Waals surface area (Å²) in [7, 11) is 0. The summed E-state index contributed by atoms with van der Waals surface area (Å²) in [5.74, 6) is 0.963. The Balaban J connectivity index is 1.29. The number of hydrogen-bond acceptors (Lipinski definition) is 6. The maximum atomic E-state index is 4.57. The second-order valence-electron chi connectivity index (χ2n) is 6.78. The number of rotatable bonds is 4. The summed E-state index contributed by atoms with van der Waals surface area (Å²) in [6.45, 7) is 6.19. The van der Waals surface area contributed by atoms with E-state index in [9.17, 15) is 0 Å². The molecule has 2 bridgehead atoms. The van der Waals surface area contributed by atoms with Crippen molar-refractivity contribution in [2.75, 3.05) is 24.5 Å². The van der Waals surface area contributed by atoms with Gasteiger partial charge < -0.3 is 4.90 Å². The van der Waals surface area contributed by atoms with Crippen LogP contribution < -0.4 is 4.90 Å². The fraction of sp³-hybridized carbons (Fsp3) is 0.500. The van der Waals surface area contributed by atoms with Crippen LogP contribution in [0.5, 0.6) is 0 Å². The van der Waals surface area contributed by atoms with Gasteiger partial charge in [-0.1, -0.05) is 0 Å². The van der Waals surface area contributed by atoms with Crippen LogP contribution in [0.4, 0.5) is 5.82 Å². The Morgan fingerprint density at radius 3 is 2.96 bits per heavy atom. The van der Waals surface area contributed by atoms with Crippen LogP contribution in [0.25, 0.3) is 5.65 Å². The molecular formula is C16H20N8. The fourth-order valence-electron chi connectivity index (χ4n) is 4.05. The molecule has 0 aromatic carbocycles. The van der Waals surface area contributed by atoms with Crippen molar-refractivity contribution in [1.29, 1.82) is 0 Å². The Kier molecular flexibility index (Phi) is 3.05. The van der Waals surface area contributed by atoms with Crippen LogP contribution in [0.2, 0.25) is 0 Å². The Morgan fingerprint density at radius 2 is 2.17 bits per heavy atom. The lowest BCUT2D eigenvalue weighted by Gasteiger charge is -2.34. The highest BCUT2D eigenvalue weighted by Crippen LogP contribution is 2.34. The molecular weight excluding hydrogens is 304 g/mol. The van der Waals surface area contributed by atoms with Gasteiger partial charge in [0.1, 0.15) is 6.33 Å². The van der Waals surface area contributed by atoms with E-state index in [4.69, 9.17) is 0 Å². The van der Waals surface area contributed by atoms with Gasteiger partial charge in [0.05, 0.1) is 12.7 Å². The van der Waals surface area contributed by atoms with Gasteiger partial charge in [-0.3, -0.25) is 14.0 Å². The van der Waals surface area contributed by atoms with E-state index in [-0.39, 0.29) is 0 Å². The topological polar surface area (TPSA) is 67.4 Å². The summed E-state index contributed by atoms with van der Waals surface area (Å²) in [4.78, 5) is 9.56. The van der Waals surface area contributed by atoms with Crippen molar-refractivity contribution in [3.05, 3.63) is 36.7 Å². The maximum absolute atomic E-state index is 4.57. The Labute approximate surface area is 139 Å². The second kappa shape index (κ2) is 5.27. The van der Waals surface area contributed by atoms with Crippen LogP contribution >= 0.6 is 0 Å². The molecule has 2 aliphatic heterocycles. The van der Waals surface area contributed by atoms with Crippen molar-refractivity contribution in [3.8, 4) is 0 Å². The first-order chi connectivity index (χ1) is 11.8. The molecule has 0 aliphatic carbocycles. The third-order valence-electron chi connectivity index (χ3n) is 5.20. The summed E-state index contributed by atoms with van der Waals surface area (Å²) in [5, 5.41) is 12.6. The first kappa shape index (κ1) is 13.9. The lowest BCUT2D eigenvalue weighted by Crippen LogP contribution is -2.47. The van der Waals surface area contributed by atoms with Crippen LogP contribution in [0.15, 0.2) is 31.1 Å². The third-order valence-corrected chi connectivity index (χ3v) is 5.20. The summed E-state index contributed by atoms with van der Waals surface area (Å²) in [6.07, 6.45) is 10.7. The number of fused-ring (bicyclic) bond motifs is 3. The summed E-state index contributed by atoms with van der Waals surface area (Å²) in [5.41, 5.74) is 2.07. The zero-order chi connectivity index (χ0) is 16.1. The Bertz CT molecular complexity index is 868. The molecule has 2 atom stereocenters. The van der Waals surface area contributed by atoms with Crippen LogP contribution in [0, 0.1) is 6.92 Å². The first-order valence-electron chi connectivity index (χ1n) is 8.42. The molecule has 124 valence electrons. The molecule has 0 radical (unpaired) electrons. The second-order valence-corrected chi connectivity index (χ2v) is 6.78. The van der Waals surface area contributed by atoms with Gasteiger partial charge in [0.2, 0.25) is 5.65 Å². The quantitative estimate of drug-likeness (QED) is 0.700.